The Bertz CT molecular complexity index is 315. The lowest BCUT2D eigenvalue weighted by molar-refractivity contribution is -0.136. The second kappa shape index (κ2) is 5.77. The van der Waals surface area contributed by atoms with Gasteiger partial charge in [-0.15, -0.1) is 0 Å². The van der Waals surface area contributed by atoms with E-state index in [-0.39, 0.29) is 5.91 Å². The summed E-state index contributed by atoms with van der Waals surface area (Å²) in [5, 5.41) is 16.4. The molecule has 1 aliphatic heterocycles. The molecule has 0 bridgehead atoms. The number of carbonyl (C=O) groups excluding carboxylic acids is 1. The van der Waals surface area contributed by atoms with Crippen molar-refractivity contribution < 1.29 is 14.6 Å². The number of ether oxygens (including phenoxy) is 1. The van der Waals surface area contributed by atoms with Gasteiger partial charge in [-0.2, -0.15) is 0 Å². The van der Waals surface area contributed by atoms with E-state index in [9.17, 15) is 9.90 Å². The van der Waals surface area contributed by atoms with Gasteiger partial charge in [0.2, 0.25) is 0 Å². The molecule has 110 valence electrons. The van der Waals surface area contributed by atoms with E-state index in [2.05, 4.69) is 24.5 Å². The van der Waals surface area contributed by atoms with Crippen LogP contribution in [0, 0.1) is 5.41 Å². The predicted octanol–water partition coefficient (Wildman–Crippen LogP) is 0.422. The Kier molecular flexibility index (Phi) is 4.48. The minimum atomic E-state index is -0.743. The summed E-state index contributed by atoms with van der Waals surface area (Å²) in [6.07, 6.45) is 3.09. The molecule has 2 aliphatic rings. The number of rotatable bonds is 3. The first-order valence-corrected chi connectivity index (χ1v) is 7.23. The molecule has 0 aromatic heterocycles. The molecule has 2 fully saturated rings. The Morgan fingerprint density at radius 1 is 1.37 bits per heavy atom. The van der Waals surface area contributed by atoms with Gasteiger partial charge in [0.25, 0.3) is 5.91 Å². The summed E-state index contributed by atoms with van der Waals surface area (Å²) in [7, 11) is 0. The number of carbonyl (C=O) groups is 1. The van der Waals surface area contributed by atoms with Crippen LogP contribution >= 0.6 is 0 Å². The molecule has 2 rings (SSSR count). The summed E-state index contributed by atoms with van der Waals surface area (Å²) < 4.78 is 5.39. The third kappa shape index (κ3) is 4.16. The summed E-state index contributed by atoms with van der Waals surface area (Å²) in [6, 6.07) is 0. The second-order valence-electron chi connectivity index (χ2n) is 6.67. The van der Waals surface area contributed by atoms with Crippen molar-refractivity contribution >= 4 is 5.91 Å². The van der Waals surface area contributed by atoms with Crippen molar-refractivity contribution in [3.8, 4) is 0 Å². The fraction of sp³-hybridized carbons (Fsp3) is 0.929. The molecule has 1 atom stereocenters. The largest absolute Gasteiger partial charge is 0.388 e. The monoisotopic (exact) mass is 270 g/mol. The number of aliphatic hydroxyl groups is 1. The Labute approximate surface area is 115 Å². The maximum absolute atomic E-state index is 11.9. The van der Waals surface area contributed by atoms with Crippen LogP contribution in [0.25, 0.3) is 0 Å². The molecule has 1 aliphatic carbocycles. The molecular formula is C14H26N2O3. The Balaban J connectivity index is 1.76. The summed E-state index contributed by atoms with van der Waals surface area (Å²) in [6.45, 7) is 6.71. The van der Waals surface area contributed by atoms with Gasteiger partial charge in [-0.1, -0.05) is 13.8 Å². The minimum Gasteiger partial charge on any atom is -0.388 e. The van der Waals surface area contributed by atoms with Crippen LogP contribution in [0.15, 0.2) is 0 Å². The molecule has 0 spiro atoms. The number of amides is 1. The van der Waals surface area contributed by atoms with Crippen LogP contribution in [0.4, 0.5) is 0 Å². The fourth-order valence-electron chi connectivity index (χ4n) is 2.67. The van der Waals surface area contributed by atoms with Crippen molar-refractivity contribution in [1.29, 1.82) is 0 Å². The maximum Gasteiger partial charge on any atom is 0.250 e. The van der Waals surface area contributed by atoms with E-state index in [0.717, 1.165) is 32.2 Å². The predicted molar refractivity (Wildman–Crippen MR) is 72.8 cm³/mol. The quantitative estimate of drug-likeness (QED) is 0.695. The minimum absolute atomic E-state index is 0.120. The molecule has 5 heteroatoms. The fourth-order valence-corrected chi connectivity index (χ4v) is 2.67. The molecule has 3 N–H and O–H groups in total. The summed E-state index contributed by atoms with van der Waals surface area (Å²) >= 11 is 0. The van der Waals surface area contributed by atoms with Crippen LogP contribution in [-0.2, 0) is 9.53 Å². The summed E-state index contributed by atoms with van der Waals surface area (Å²) in [4.78, 5) is 11.9. The zero-order valence-electron chi connectivity index (χ0n) is 12.0. The van der Waals surface area contributed by atoms with Gasteiger partial charge >= 0.3 is 0 Å². The first kappa shape index (κ1) is 14.8. The van der Waals surface area contributed by atoms with Gasteiger partial charge in [0.05, 0.1) is 12.2 Å². The van der Waals surface area contributed by atoms with E-state index < -0.39 is 11.7 Å². The van der Waals surface area contributed by atoms with Crippen LogP contribution in [0.1, 0.15) is 39.5 Å². The number of morpholine rings is 1. The van der Waals surface area contributed by atoms with Crippen molar-refractivity contribution in [2.75, 3.05) is 26.2 Å². The molecule has 1 saturated carbocycles. The molecule has 19 heavy (non-hydrogen) atoms. The van der Waals surface area contributed by atoms with Gasteiger partial charge < -0.3 is 20.5 Å². The van der Waals surface area contributed by atoms with E-state index in [4.69, 9.17) is 4.74 Å². The molecule has 1 heterocycles. The Morgan fingerprint density at radius 3 is 2.63 bits per heavy atom. The van der Waals surface area contributed by atoms with Gasteiger partial charge in [0.1, 0.15) is 6.10 Å². The maximum atomic E-state index is 11.9. The van der Waals surface area contributed by atoms with Gasteiger partial charge in [-0.05, 0) is 31.1 Å². The molecule has 5 nitrogen and oxygen atoms in total. The lowest BCUT2D eigenvalue weighted by Gasteiger charge is -2.40. The lowest BCUT2D eigenvalue weighted by atomic mass is 9.71. The van der Waals surface area contributed by atoms with E-state index >= 15 is 0 Å². The first-order valence-electron chi connectivity index (χ1n) is 7.23. The van der Waals surface area contributed by atoms with Crippen LogP contribution in [0.3, 0.4) is 0 Å². The van der Waals surface area contributed by atoms with Gasteiger partial charge in [-0.3, -0.25) is 4.79 Å². The SMILES string of the molecule is CC1(C)CCC(O)(CNC(=O)C2CNCCO2)CC1. The van der Waals surface area contributed by atoms with E-state index in [0.29, 0.717) is 25.1 Å². The molecule has 1 amide bonds. The molecule has 0 aromatic rings. The average molecular weight is 270 g/mol. The third-order valence-corrected chi connectivity index (χ3v) is 4.35. The Morgan fingerprint density at radius 2 is 2.05 bits per heavy atom. The topological polar surface area (TPSA) is 70.6 Å². The zero-order valence-corrected chi connectivity index (χ0v) is 12.0. The highest BCUT2D eigenvalue weighted by Crippen LogP contribution is 2.39. The second-order valence-corrected chi connectivity index (χ2v) is 6.67. The van der Waals surface area contributed by atoms with Crippen molar-refractivity contribution in [3.05, 3.63) is 0 Å². The van der Waals surface area contributed by atoms with E-state index in [1.807, 2.05) is 0 Å². The van der Waals surface area contributed by atoms with Crippen molar-refractivity contribution in [2.24, 2.45) is 5.41 Å². The first-order chi connectivity index (χ1) is 8.90. The number of nitrogens with one attached hydrogen (secondary N) is 2. The molecule has 0 aromatic carbocycles. The highest BCUT2D eigenvalue weighted by atomic mass is 16.5. The van der Waals surface area contributed by atoms with Crippen LogP contribution in [-0.4, -0.2) is 49.0 Å². The van der Waals surface area contributed by atoms with Gasteiger partial charge in [-0.25, -0.2) is 0 Å². The highest BCUT2D eigenvalue weighted by molar-refractivity contribution is 5.81. The van der Waals surface area contributed by atoms with Crippen LogP contribution in [0.2, 0.25) is 0 Å². The van der Waals surface area contributed by atoms with Crippen molar-refractivity contribution in [1.82, 2.24) is 10.6 Å². The molecular weight excluding hydrogens is 244 g/mol. The van der Waals surface area contributed by atoms with Crippen LogP contribution < -0.4 is 10.6 Å². The number of hydrogen-bond acceptors (Lipinski definition) is 4. The van der Waals surface area contributed by atoms with E-state index in [1.54, 1.807) is 0 Å². The smallest absolute Gasteiger partial charge is 0.250 e. The zero-order chi connectivity index (χ0) is 13.9. The van der Waals surface area contributed by atoms with Crippen molar-refractivity contribution in [3.63, 3.8) is 0 Å². The van der Waals surface area contributed by atoms with Crippen molar-refractivity contribution in [2.45, 2.75) is 51.2 Å². The number of hydrogen-bond donors (Lipinski definition) is 3. The standard InChI is InChI=1S/C14H26N2O3/c1-13(2)3-5-14(18,6-4-13)10-16-12(17)11-9-15-7-8-19-11/h11,15,18H,3-10H2,1-2H3,(H,16,17). The molecule has 0 radical (unpaired) electrons. The lowest BCUT2D eigenvalue weighted by Crippen LogP contribution is -2.52. The molecule has 1 unspecified atom stereocenters. The normalized spacial score (nSPS) is 29.7. The summed E-state index contributed by atoms with van der Waals surface area (Å²) in [5.41, 5.74) is -0.431. The molecule has 1 saturated heterocycles. The van der Waals surface area contributed by atoms with Crippen LogP contribution in [0.5, 0.6) is 0 Å². The van der Waals surface area contributed by atoms with E-state index in [1.165, 1.54) is 0 Å². The summed E-state index contributed by atoms with van der Waals surface area (Å²) in [5.74, 6) is -0.120. The third-order valence-electron chi connectivity index (χ3n) is 4.35. The average Bonchev–Trinajstić information content (AvgIpc) is 2.41. The highest BCUT2D eigenvalue weighted by Gasteiger charge is 2.37. The van der Waals surface area contributed by atoms with Gasteiger partial charge in [0, 0.05) is 19.6 Å². The van der Waals surface area contributed by atoms with Gasteiger partial charge in [0.15, 0.2) is 0 Å². The Hall–Kier alpha value is -0.650.